The fourth-order valence-corrected chi connectivity index (χ4v) is 3.38. The van der Waals surface area contributed by atoms with Crippen LogP contribution in [-0.4, -0.2) is 32.9 Å². The molecule has 3 heterocycles. The first-order valence-electron chi connectivity index (χ1n) is 7.72. The number of fused-ring (bicyclic) bond motifs is 1. The van der Waals surface area contributed by atoms with Crippen molar-refractivity contribution in [2.24, 2.45) is 5.73 Å². The molecule has 126 valence electrons. The van der Waals surface area contributed by atoms with E-state index >= 15 is 0 Å². The SMILES string of the molecule is CC(N)C1CCCCN1Cc1cc(=O)n2cc(Cl)ccc2n1.Cl. The molecule has 2 atom stereocenters. The van der Waals surface area contributed by atoms with Crippen LogP contribution in [0, 0.1) is 0 Å². The first-order valence-corrected chi connectivity index (χ1v) is 8.10. The van der Waals surface area contributed by atoms with Crippen molar-refractivity contribution in [1.29, 1.82) is 0 Å². The maximum absolute atomic E-state index is 12.2. The lowest BCUT2D eigenvalue weighted by atomic mass is 9.97. The highest BCUT2D eigenvalue weighted by Crippen LogP contribution is 2.21. The van der Waals surface area contributed by atoms with E-state index in [1.807, 2.05) is 6.92 Å². The van der Waals surface area contributed by atoms with E-state index in [1.165, 1.54) is 17.2 Å². The second-order valence-corrected chi connectivity index (χ2v) is 6.49. The Hall–Kier alpha value is -1.14. The molecule has 1 fully saturated rings. The monoisotopic (exact) mass is 356 g/mol. The van der Waals surface area contributed by atoms with E-state index in [4.69, 9.17) is 17.3 Å². The van der Waals surface area contributed by atoms with Crippen molar-refractivity contribution in [1.82, 2.24) is 14.3 Å². The predicted octanol–water partition coefficient (Wildman–Crippen LogP) is 2.47. The normalized spacial score (nSPS) is 20.2. The molecule has 3 rings (SSSR count). The molecule has 0 bridgehead atoms. The molecular weight excluding hydrogens is 335 g/mol. The Labute approximate surface area is 146 Å². The van der Waals surface area contributed by atoms with Gasteiger partial charge >= 0.3 is 0 Å². The van der Waals surface area contributed by atoms with Crippen molar-refractivity contribution in [2.45, 2.75) is 44.8 Å². The first-order chi connectivity index (χ1) is 10.5. The summed E-state index contributed by atoms with van der Waals surface area (Å²) in [6.45, 7) is 3.72. The number of nitrogens with two attached hydrogens (primary N) is 1. The Bertz CT molecular complexity index is 732. The van der Waals surface area contributed by atoms with Gasteiger partial charge in [0.2, 0.25) is 0 Å². The van der Waals surface area contributed by atoms with E-state index in [2.05, 4.69) is 9.88 Å². The molecular formula is C16H22Cl2N4O. The zero-order chi connectivity index (χ0) is 15.7. The average Bonchev–Trinajstić information content (AvgIpc) is 2.48. The third-order valence-corrected chi connectivity index (χ3v) is 4.54. The van der Waals surface area contributed by atoms with E-state index in [1.54, 1.807) is 24.4 Å². The lowest BCUT2D eigenvalue weighted by Gasteiger charge is -2.37. The lowest BCUT2D eigenvalue weighted by Crippen LogP contribution is -2.48. The zero-order valence-electron chi connectivity index (χ0n) is 13.1. The van der Waals surface area contributed by atoms with E-state index < -0.39 is 0 Å². The Kier molecular flexibility index (Phi) is 6.03. The van der Waals surface area contributed by atoms with Crippen LogP contribution < -0.4 is 11.3 Å². The van der Waals surface area contributed by atoms with Crippen molar-refractivity contribution in [3.8, 4) is 0 Å². The molecule has 1 saturated heterocycles. The summed E-state index contributed by atoms with van der Waals surface area (Å²) in [4.78, 5) is 19.2. The molecule has 5 nitrogen and oxygen atoms in total. The van der Waals surface area contributed by atoms with E-state index in [9.17, 15) is 4.79 Å². The van der Waals surface area contributed by atoms with Gasteiger partial charge in [-0.25, -0.2) is 4.98 Å². The number of piperidine rings is 1. The summed E-state index contributed by atoms with van der Waals surface area (Å²) in [5.41, 5.74) is 7.42. The van der Waals surface area contributed by atoms with Gasteiger partial charge in [-0.2, -0.15) is 0 Å². The maximum Gasteiger partial charge on any atom is 0.258 e. The topological polar surface area (TPSA) is 63.6 Å². The first kappa shape index (κ1) is 18.2. The van der Waals surface area contributed by atoms with Gasteiger partial charge in [-0.3, -0.25) is 14.1 Å². The summed E-state index contributed by atoms with van der Waals surface area (Å²) in [6, 6.07) is 5.60. The van der Waals surface area contributed by atoms with Gasteiger partial charge < -0.3 is 5.73 Å². The Balaban J connectivity index is 0.00000192. The van der Waals surface area contributed by atoms with Gasteiger partial charge in [0.25, 0.3) is 5.56 Å². The standard InChI is InChI=1S/C16H21ClN4O.ClH/c1-11(18)14-4-2-3-7-20(14)10-13-8-16(22)21-9-12(17)5-6-15(21)19-13;/h5-6,8-9,11,14H,2-4,7,10,18H2,1H3;1H. The Morgan fingerprint density at radius 1 is 1.43 bits per heavy atom. The minimum absolute atomic E-state index is 0. The molecule has 0 aromatic carbocycles. The summed E-state index contributed by atoms with van der Waals surface area (Å²) < 4.78 is 1.48. The molecule has 1 aliphatic rings. The number of hydrogen-bond donors (Lipinski definition) is 1. The minimum Gasteiger partial charge on any atom is -0.327 e. The third-order valence-electron chi connectivity index (χ3n) is 4.31. The summed E-state index contributed by atoms with van der Waals surface area (Å²) in [6.07, 6.45) is 5.10. The van der Waals surface area contributed by atoms with E-state index in [0.717, 1.165) is 18.7 Å². The van der Waals surface area contributed by atoms with Crippen LogP contribution in [0.25, 0.3) is 5.65 Å². The molecule has 0 saturated carbocycles. The molecule has 0 radical (unpaired) electrons. The highest BCUT2D eigenvalue weighted by Gasteiger charge is 2.25. The largest absolute Gasteiger partial charge is 0.327 e. The van der Waals surface area contributed by atoms with Gasteiger partial charge in [0.1, 0.15) is 5.65 Å². The molecule has 2 N–H and O–H groups in total. The summed E-state index contributed by atoms with van der Waals surface area (Å²) in [5, 5.41) is 0.525. The summed E-state index contributed by atoms with van der Waals surface area (Å²) in [7, 11) is 0. The highest BCUT2D eigenvalue weighted by molar-refractivity contribution is 6.30. The zero-order valence-corrected chi connectivity index (χ0v) is 14.7. The molecule has 23 heavy (non-hydrogen) atoms. The maximum atomic E-state index is 12.2. The van der Waals surface area contributed by atoms with Gasteiger partial charge in [-0.15, -0.1) is 12.4 Å². The van der Waals surface area contributed by atoms with Crippen LogP contribution in [-0.2, 0) is 6.54 Å². The van der Waals surface area contributed by atoms with Crippen LogP contribution in [0.3, 0.4) is 0 Å². The van der Waals surface area contributed by atoms with Gasteiger partial charge in [-0.1, -0.05) is 18.0 Å². The molecule has 1 aliphatic heterocycles. The molecule has 2 unspecified atom stereocenters. The van der Waals surface area contributed by atoms with Gasteiger partial charge in [0, 0.05) is 30.9 Å². The van der Waals surface area contributed by atoms with Crippen LogP contribution in [0.5, 0.6) is 0 Å². The van der Waals surface area contributed by atoms with E-state index in [0.29, 0.717) is 23.3 Å². The van der Waals surface area contributed by atoms with Gasteiger partial charge in [0.15, 0.2) is 0 Å². The molecule has 0 amide bonds. The van der Waals surface area contributed by atoms with E-state index in [-0.39, 0.29) is 24.0 Å². The summed E-state index contributed by atoms with van der Waals surface area (Å²) >= 11 is 5.93. The third kappa shape index (κ3) is 4.04. The molecule has 2 aromatic heterocycles. The number of rotatable bonds is 3. The van der Waals surface area contributed by atoms with Crippen molar-refractivity contribution in [3.05, 3.63) is 45.5 Å². The number of hydrogen-bond acceptors (Lipinski definition) is 4. The number of aromatic nitrogens is 2. The molecule has 2 aromatic rings. The van der Waals surface area contributed by atoms with Crippen LogP contribution in [0.2, 0.25) is 5.02 Å². The van der Waals surface area contributed by atoms with Crippen LogP contribution in [0.4, 0.5) is 0 Å². The molecule has 0 spiro atoms. The molecule has 0 aliphatic carbocycles. The highest BCUT2D eigenvalue weighted by atomic mass is 35.5. The van der Waals surface area contributed by atoms with Crippen molar-refractivity contribution >= 4 is 29.7 Å². The van der Waals surface area contributed by atoms with Crippen LogP contribution in [0.1, 0.15) is 31.9 Å². The van der Waals surface area contributed by atoms with Crippen LogP contribution in [0.15, 0.2) is 29.2 Å². The minimum atomic E-state index is -0.100. The van der Waals surface area contributed by atoms with Gasteiger partial charge in [0.05, 0.1) is 10.7 Å². The number of halogens is 2. The smallest absolute Gasteiger partial charge is 0.258 e. The Morgan fingerprint density at radius 2 is 2.22 bits per heavy atom. The lowest BCUT2D eigenvalue weighted by molar-refractivity contribution is 0.121. The number of likely N-dealkylation sites (tertiary alicyclic amines) is 1. The number of nitrogens with zero attached hydrogens (tertiary/aromatic N) is 3. The van der Waals surface area contributed by atoms with Crippen molar-refractivity contribution in [2.75, 3.05) is 6.54 Å². The quantitative estimate of drug-likeness (QED) is 0.917. The number of pyridine rings is 1. The Morgan fingerprint density at radius 3 is 2.96 bits per heavy atom. The van der Waals surface area contributed by atoms with Crippen LogP contribution >= 0.6 is 24.0 Å². The predicted molar refractivity (Wildman–Crippen MR) is 95.4 cm³/mol. The second kappa shape index (κ2) is 7.62. The van der Waals surface area contributed by atoms with Crippen molar-refractivity contribution < 1.29 is 0 Å². The second-order valence-electron chi connectivity index (χ2n) is 6.05. The molecule has 7 heteroatoms. The fourth-order valence-electron chi connectivity index (χ4n) is 3.22. The fraction of sp³-hybridized carbons (Fsp3) is 0.500. The van der Waals surface area contributed by atoms with Gasteiger partial charge in [-0.05, 0) is 38.4 Å². The average molecular weight is 357 g/mol. The summed E-state index contributed by atoms with van der Waals surface area (Å²) in [5.74, 6) is 0. The van der Waals surface area contributed by atoms with Crippen molar-refractivity contribution in [3.63, 3.8) is 0 Å².